The van der Waals surface area contributed by atoms with Gasteiger partial charge in [0.15, 0.2) is 0 Å². The molecule has 1 heterocycles. The Bertz CT molecular complexity index is 1070. The van der Waals surface area contributed by atoms with E-state index in [4.69, 9.17) is 0 Å². The highest BCUT2D eigenvalue weighted by atomic mass is 16.2. The second-order valence-electron chi connectivity index (χ2n) is 6.53. The van der Waals surface area contributed by atoms with Crippen molar-refractivity contribution in [2.75, 3.05) is 16.8 Å². The second-order valence-corrected chi connectivity index (χ2v) is 6.53. The van der Waals surface area contributed by atoms with E-state index in [9.17, 15) is 10.1 Å². The third kappa shape index (κ3) is 3.28. The van der Waals surface area contributed by atoms with Gasteiger partial charge in [0.25, 0.3) is 5.91 Å². The summed E-state index contributed by atoms with van der Waals surface area (Å²) in [7, 11) is 0. The van der Waals surface area contributed by atoms with Crippen molar-refractivity contribution < 1.29 is 4.79 Å². The standard InChI is InChI=1S/C23H19N3O/c24-15-19(16-25-21-12-5-9-17-7-1-3-11-20(17)21)23(27)26-14-6-10-18-8-2-4-13-22(18)26/h1-5,7-9,11-13,16,25H,6,10,14H2/b19-16-. The molecule has 0 fully saturated rings. The van der Waals surface area contributed by atoms with Crippen LogP contribution in [0.2, 0.25) is 0 Å². The number of anilines is 2. The van der Waals surface area contributed by atoms with Crippen molar-refractivity contribution in [2.45, 2.75) is 12.8 Å². The van der Waals surface area contributed by atoms with Gasteiger partial charge in [-0.15, -0.1) is 0 Å². The SMILES string of the molecule is N#C/C(=C/Nc1cccc2ccccc12)C(=O)N1CCCc2ccccc21. The number of rotatable bonds is 3. The molecular weight excluding hydrogens is 334 g/mol. The van der Waals surface area contributed by atoms with Crippen molar-refractivity contribution in [1.82, 2.24) is 0 Å². The number of carbonyl (C=O) groups excluding carboxylic acids is 1. The highest BCUT2D eigenvalue weighted by molar-refractivity contribution is 6.09. The van der Waals surface area contributed by atoms with Crippen molar-refractivity contribution in [1.29, 1.82) is 5.26 Å². The Hall–Kier alpha value is -3.58. The fourth-order valence-corrected chi connectivity index (χ4v) is 3.53. The van der Waals surface area contributed by atoms with E-state index in [1.54, 1.807) is 4.90 Å². The Morgan fingerprint density at radius 2 is 1.81 bits per heavy atom. The molecule has 1 N–H and O–H groups in total. The molecule has 4 nitrogen and oxygen atoms in total. The van der Waals surface area contributed by atoms with Crippen molar-refractivity contribution in [3.05, 3.63) is 84.1 Å². The van der Waals surface area contributed by atoms with E-state index in [1.807, 2.05) is 66.7 Å². The molecule has 3 aromatic carbocycles. The summed E-state index contributed by atoms with van der Waals surface area (Å²) in [5, 5.41) is 14.9. The van der Waals surface area contributed by atoms with Crippen LogP contribution < -0.4 is 10.2 Å². The number of nitrogens with one attached hydrogen (secondary N) is 1. The molecule has 1 aliphatic heterocycles. The first-order valence-corrected chi connectivity index (χ1v) is 9.02. The summed E-state index contributed by atoms with van der Waals surface area (Å²) in [4.78, 5) is 14.7. The normalized spacial score (nSPS) is 13.7. The van der Waals surface area contributed by atoms with Crippen LogP contribution in [0, 0.1) is 11.3 Å². The summed E-state index contributed by atoms with van der Waals surface area (Å²) >= 11 is 0. The lowest BCUT2D eigenvalue weighted by Crippen LogP contribution is -2.36. The second kappa shape index (κ2) is 7.35. The van der Waals surface area contributed by atoms with Crippen LogP contribution in [0.1, 0.15) is 12.0 Å². The Morgan fingerprint density at radius 1 is 1.04 bits per heavy atom. The minimum Gasteiger partial charge on any atom is -0.360 e. The van der Waals surface area contributed by atoms with Crippen LogP contribution in [0.5, 0.6) is 0 Å². The number of para-hydroxylation sites is 1. The van der Waals surface area contributed by atoms with E-state index in [0.717, 1.165) is 40.6 Å². The molecule has 132 valence electrons. The molecule has 0 saturated carbocycles. The van der Waals surface area contributed by atoms with Gasteiger partial charge in [-0.05, 0) is 35.9 Å². The number of hydrogen-bond acceptors (Lipinski definition) is 3. The largest absolute Gasteiger partial charge is 0.360 e. The summed E-state index contributed by atoms with van der Waals surface area (Å²) in [6.07, 6.45) is 3.37. The zero-order valence-corrected chi connectivity index (χ0v) is 14.9. The van der Waals surface area contributed by atoms with Gasteiger partial charge < -0.3 is 10.2 Å². The van der Waals surface area contributed by atoms with Crippen molar-refractivity contribution in [3.8, 4) is 6.07 Å². The maximum absolute atomic E-state index is 13.0. The fraction of sp³-hybridized carbons (Fsp3) is 0.130. The van der Waals surface area contributed by atoms with Crippen LogP contribution in [0.3, 0.4) is 0 Å². The summed E-state index contributed by atoms with van der Waals surface area (Å²) in [6, 6.07) is 23.9. The topological polar surface area (TPSA) is 56.1 Å². The maximum Gasteiger partial charge on any atom is 0.270 e. The van der Waals surface area contributed by atoms with Gasteiger partial charge in [0.05, 0.1) is 0 Å². The van der Waals surface area contributed by atoms with Crippen LogP contribution in [-0.4, -0.2) is 12.5 Å². The molecule has 0 aromatic heterocycles. The van der Waals surface area contributed by atoms with E-state index in [2.05, 4.69) is 11.4 Å². The van der Waals surface area contributed by atoms with Gasteiger partial charge in [0.2, 0.25) is 0 Å². The average molecular weight is 353 g/mol. The number of carbonyl (C=O) groups is 1. The molecule has 4 heteroatoms. The summed E-state index contributed by atoms with van der Waals surface area (Å²) in [6.45, 7) is 0.628. The molecule has 0 aliphatic carbocycles. The van der Waals surface area contributed by atoms with Crippen LogP contribution in [0.25, 0.3) is 10.8 Å². The van der Waals surface area contributed by atoms with Gasteiger partial charge in [-0.1, -0.05) is 54.6 Å². The fourth-order valence-electron chi connectivity index (χ4n) is 3.53. The van der Waals surface area contributed by atoms with E-state index < -0.39 is 0 Å². The van der Waals surface area contributed by atoms with E-state index in [1.165, 1.54) is 6.20 Å². The van der Waals surface area contributed by atoms with Crippen molar-refractivity contribution >= 4 is 28.1 Å². The lowest BCUT2D eigenvalue weighted by Gasteiger charge is -2.29. The van der Waals surface area contributed by atoms with Crippen LogP contribution in [-0.2, 0) is 11.2 Å². The number of fused-ring (bicyclic) bond motifs is 2. The predicted octanol–water partition coefficient (Wildman–Crippen LogP) is 4.64. The minimum absolute atomic E-state index is 0.0969. The molecule has 0 radical (unpaired) electrons. The van der Waals surface area contributed by atoms with Crippen LogP contribution in [0.4, 0.5) is 11.4 Å². The monoisotopic (exact) mass is 353 g/mol. The Kier molecular flexibility index (Phi) is 4.59. The third-order valence-corrected chi connectivity index (χ3v) is 4.87. The number of nitrogens with zero attached hydrogens (tertiary/aromatic N) is 2. The number of nitriles is 1. The van der Waals surface area contributed by atoms with Gasteiger partial charge in [-0.3, -0.25) is 4.79 Å². The van der Waals surface area contributed by atoms with Gasteiger partial charge in [-0.25, -0.2) is 0 Å². The molecule has 3 aromatic rings. The highest BCUT2D eigenvalue weighted by Gasteiger charge is 2.24. The summed E-state index contributed by atoms with van der Waals surface area (Å²) in [5.74, 6) is -0.266. The first-order valence-electron chi connectivity index (χ1n) is 9.02. The molecule has 4 rings (SSSR count). The van der Waals surface area contributed by atoms with Crippen LogP contribution >= 0.6 is 0 Å². The van der Waals surface area contributed by atoms with Crippen molar-refractivity contribution in [2.24, 2.45) is 0 Å². The molecule has 0 unspecified atom stereocenters. The Balaban J connectivity index is 1.63. The average Bonchev–Trinajstić information content (AvgIpc) is 2.73. The maximum atomic E-state index is 13.0. The van der Waals surface area contributed by atoms with E-state index in [-0.39, 0.29) is 11.5 Å². The highest BCUT2D eigenvalue weighted by Crippen LogP contribution is 2.28. The van der Waals surface area contributed by atoms with E-state index >= 15 is 0 Å². The summed E-state index contributed by atoms with van der Waals surface area (Å²) < 4.78 is 0. The lowest BCUT2D eigenvalue weighted by molar-refractivity contribution is -0.114. The molecule has 1 aliphatic rings. The zero-order chi connectivity index (χ0) is 18.6. The smallest absolute Gasteiger partial charge is 0.270 e. The van der Waals surface area contributed by atoms with Crippen LogP contribution in [0.15, 0.2) is 78.5 Å². The third-order valence-electron chi connectivity index (χ3n) is 4.87. The van der Waals surface area contributed by atoms with Gasteiger partial charge >= 0.3 is 0 Å². The number of amides is 1. The Morgan fingerprint density at radius 3 is 2.70 bits per heavy atom. The molecule has 0 bridgehead atoms. The predicted molar refractivity (Wildman–Crippen MR) is 108 cm³/mol. The number of benzene rings is 3. The van der Waals surface area contributed by atoms with Crippen molar-refractivity contribution in [3.63, 3.8) is 0 Å². The zero-order valence-electron chi connectivity index (χ0n) is 14.9. The molecule has 0 spiro atoms. The molecule has 0 atom stereocenters. The lowest BCUT2D eigenvalue weighted by atomic mass is 10.0. The number of hydrogen-bond donors (Lipinski definition) is 1. The minimum atomic E-state index is -0.266. The van der Waals surface area contributed by atoms with E-state index in [0.29, 0.717) is 6.54 Å². The summed E-state index contributed by atoms with van der Waals surface area (Å²) in [5.41, 5.74) is 3.02. The first kappa shape index (κ1) is 16.9. The molecule has 1 amide bonds. The molecule has 0 saturated heterocycles. The quantitative estimate of drug-likeness (QED) is 0.551. The van der Waals surface area contributed by atoms with Gasteiger partial charge in [0, 0.05) is 29.5 Å². The molecular formula is C23H19N3O. The van der Waals surface area contributed by atoms with Gasteiger partial charge in [-0.2, -0.15) is 5.26 Å². The Labute approximate surface area is 158 Å². The molecule has 27 heavy (non-hydrogen) atoms. The van der Waals surface area contributed by atoms with Gasteiger partial charge in [0.1, 0.15) is 11.6 Å². The first-order chi connectivity index (χ1) is 13.3. The number of aryl methyl sites for hydroxylation is 1.